The highest BCUT2D eigenvalue weighted by atomic mass is 15.4. The van der Waals surface area contributed by atoms with E-state index in [1.54, 1.807) is 0 Å². The lowest BCUT2D eigenvalue weighted by atomic mass is 10.1. The van der Waals surface area contributed by atoms with E-state index in [4.69, 9.17) is 5.73 Å². The molecule has 1 atom stereocenters. The number of hydrogen-bond donors (Lipinski definition) is 2. The number of hydrogen-bond acceptors (Lipinski definition) is 5. The number of rotatable bonds is 4. The molecule has 0 aromatic carbocycles. The summed E-state index contributed by atoms with van der Waals surface area (Å²) in [5, 5.41) is 12.1. The van der Waals surface area contributed by atoms with Crippen molar-refractivity contribution in [1.82, 2.24) is 24.5 Å². The van der Waals surface area contributed by atoms with E-state index in [2.05, 4.69) is 20.5 Å². The van der Waals surface area contributed by atoms with Crippen molar-refractivity contribution < 1.29 is 0 Å². The van der Waals surface area contributed by atoms with Gasteiger partial charge in [-0.1, -0.05) is 0 Å². The molecule has 3 heterocycles. The molecule has 0 aliphatic carbocycles. The maximum absolute atomic E-state index is 5.53. The Bertz CT molecular complexity index is 556. The molecule has 2 aromatic heterocycles. The van der Waals surface area contributed by atoms with Crippen molar-refractivity contribution in [1.29, 1.82) is 0 Å². The highest BCUT2D eigenvalue weighted by Gasteiger charge is 2.25. The van der Waals surface area contributed by atoms with Gasteiger partial charge in [-0.25, -0.2) is 4.68 Å². The summed E-state index contributed by atoms with van der Waals surface area (Å²) in [5.41, 5.74) is 6.71. The number of fused-ring (bicyclic) bond motifs is 1. The number of aryl methyl sites for hydroxylation is 2. The van der Waals surface area contributed by atoms with Gasteiger partial charge in [0.15, 0.2) is 5.82 Å². The van der Waals surface area contributed by atoms with Gasteiger partial charge >= 0.3 is 0 Å². The van der Waals surface area contributed by atoms with Crippen LogP contribution in [0.25, 0.3) is 0 Å². The Morgan fingerprint density at radius 1 is 1.53 bits per heavy atom. The highest BCUT2D eigenvalue weighted by Crippen LogP contribution is 2.27. The maximum atomic E-state index is 5.53. The van der Waals surface area contributed by atoms with E-state index in [1.807, 2.05) is 28.8 Å². The van der Waals surface area contributed by atoms with Crippen molar-refractivity contribution in [3.63, 3.8) is 0 Å². The van der Waals surface area contributed by atoms with E-state index in [0.717, 1.165) is 37.6 Å². The van der Waals surface area contributed by atoms with Gasteiger partial charge in [0.1, 0.15) is 0 Å². The molecule has 19 heavy (non-hydrogen) atoms. The van der Waals surface area contributed by atoms with Crippen LogP contribution in [0.5, 0.6) is 0 Å². The Balaban J connectivity index is 1.88. The number of aromatic nitrogens is 5. The summed E-state index contributed by atoms with van der Waals surface area (Å²) < 4.78 is 3.80. The first-order valence-electron chi connectivity index (χ1n) is 6.66. The number of nitrogens with two attached hydrogens (primary N) is 1. The van der Waals surface area contributed by atoms with Gasteiger partial charge in [0.25, 0.3) is 0 Å². The molecule has 7 nitrogen and oxygen atoms in total. The molecule has 7 heteroatoms. The van der Waals surface area contributed by atoms with Gasteiger partial charge < -0.3 is 11.1 Å². The smallest absolute Gasteiger partial charge is 0.221 e. The van der Waals surface area contributed by atoms with Crippen molar-refractivity contribution in [2.75, 3.05) is 18.4 Å². The molecule has 1 unspecified atom stereocenters. The average molecular weight is 261 g/mol. The van der Waals surface area contributed by atoms with E-state index in [-0.39, 0.29) is 6.04 Å². The van der Waals surface area contributed by atoms with Gasteiger partial charge in [0.05, 0.1) is 12.2 Å². The quantitative estimate of drug-likeness (QED) is 0.827. The molecule has 0 bridgehead atoms. The van der Waals surface area contributed by atoms with Crippen LogP contribution >= 0.6 is 0 Å². The fraction of sp³-hybridized carbons (Fsp3) is 0.583. The van der Waals surface area contributed by atoms with Crippen LogP contribution in [-0.2, 0) is 13.5 Å². The molecule has 0 radical (unpaired) electrons. The molecule has 0 saturated heterocycles. The van der Waals surface area contributed by atoms with Crippen LogP contribution in [0.2, 0.25) is 0 Å². The average Bonchev–Trinajstić information content (AvgIpc) is 3.01. The predicted molar refractivity (Wildman–Crippen MR) is 71.9 cm³/mol. The molecule has 0 fully saturated rings. The van der Waals surface area contributed by atoms with Crippen LogP contribution in [0.1, 0.15) is 30.3 Å². The van der Waals surface area contributed by atoms with Gasteiger partial charge in [-0.15, -0.1) is 0 Å². The van der Waals surface area contributed by atoms with Crippen LogP contribution in [0, 0.1) is 0 Å². The summed E-state index contributed by atoms with van der Waals surface area (Å²) in [7, 11) is 1.93. The van der Waals surface area contributed by atoms with Gasteiger partial charge in [0, 0.05) is 31.8 Å². The molecule has 0 amide bonds. The molecule has 0 saturated carbocycles. The van der Waals surface area contributed by atoms with Crippen LogP contribution in [0.15, 0.2) is 12.4 Å². The van der Waals surface area contributed by atoms with E-state index in [0.29, 0.717) is 6.54 Å². The zero-order valence-electron chi connectivity index (χ0n) is 11.1. The molecular formula is C12H19N7. The summed E-state index contributed by atoms with van der Waals surface area (Å²) in [6, 6.07) is 0.226. The largest absolute Gasteiger partial charge is 0.354 e. The first-order valence-corrected chi connectivity index (χ1v) is 6.66. The Kier molecular flexibility index (Phi) is 3.20. The number of nitrogens with one attached hydrogen (secondary N) is 1. The first-order chi connectivity index (χ1) is 9.28. The molecule has 3 N–H and O–H groups in total. The maximum Gasteiger partial charge on any atom is 0.221 e. The third-order valence-corrected chi connectivity index (χ3v) is 3.39. The van der Waals surface area contributed by atoms with Crippen LogP contribution < -0.4 is 11.1 Å². The minimum Gasteiger partial charge on any atom is -0.354 e. The molecule has 2 aromatic rings. The normalized spacial score (nSPS) is 18.1. The predicted octanol–water partition coefficient (Wildman–Crippen LogP) is 0.308. The van der Waals surface area contributed by atoms with Crippen molar-refractivity contribution in [3.05, 3.63) is 23.8 Å². The number of anilines is 1. The lowest BCUT2D eigenvalue weighted by Crippen LogP contribution is -2.24. The lowest BCUT2D eigenvalue weighted by Gasteiger charge is -2.23. The zero-order valence-corrected chi connectivity index (χ0v) is 11.1. The Labute approximate surface area is 111 Å². The molecule has 3 rings (SSSR count). The zero-order chi connectivity index (χ0) is 13.2. The van der Waals surface area contributed by atoms with Gasteiger partial charge in [0.2, 0.25) is 5.95 Å². The van der Waals surface area contributed by atoms with E-state index in [1.165, 1.54) is 5.56 Å². The van der Waals surface area contributed by atoms with Crippen molar-refractivity contribution >= 4 is 5.95 Å². The van der Waals surface area contributed by atoms with E-state index < -0.39 is 0 Å². The molecule has 1 aliphatic rings. The highest BCUT2D eigenvalue weighted by molar-refractivity contribution is 5.31. The Morgan fingerprint density at radius 2 is 2.42 bits per heavy atom. The fourth-order valence-electron chi connectivity index (χ4n) is 2.43. The molecule has 1 aliphatic heterocycles. The minimum atomic E-state index is 0.226. The minimum absolute atomic E-state index is 0.226. The summed E-state index contributed by atoms with van der Waals surface area (Å²) in [5.74, 6) is 1.72. The second kappa shape index (κ2) is 5.00. The first kappa shape index (κ1) is 12.2. The lowest BCUT2D eigenvalue weighted by molar-refractivity contribution is 0.476. The van der Waals surface area contributed by atoms with Crippen molar-refractivity contribution in [2.45, 2.75) is 25.3 Å². The summed E-state index contributed by atoms with van der Waals surface area (Å²) in [6.45, 7) is 1.58. The third-order valence-electron chi connectivity index (χ3n) is 3.39. The second-order valence-electron chi connectivity index (χ2n) is 4.87. The fourth-order valence-corrected chi connectivity index (χ4v) is 2.43. The van der Waals surface area contributed by atoms with Gasteiger partial charge in [-0.3, -0.25) is 4.68 Å². The van der Waals surface area contributed by atoms with Crippen LogP contribution in [-0.4, -0.2) is 37.6 Å². The molecule has 0 spiro atoms. The Morgan fingerprint density at radius 3 is 3.16 bits per heavy atom. The molecule has 102 valence electrons. The monoisotopic (exact) mass is 261 g/mol. The summed E-state index contributed by atoms with van der Waals surface area (Å²) in [6.07, 6.45) is 6.69. The van der Waals surface area contributed by atoms with Crippen LogP contribution in [0.4, 0.5) is 5.95 Å². The second-order valence-corrected chi connectivity index (χ2v) is 4.87. The van der Waals surface area contributed by atoms with E-state index >= 15 is 0 Å². The summed E-state index contributed by atoms with van der Waals surface area (Å²) >= 11 is 0. The Hall–Kier alpha value is -1.89. The van der Waals surface area contributed by atoms with Crippen molar-refractivity contribution in [3.8, 4) is 0 Å². The third kappa shape index (κ3) is 2.33. The van der Waals surface area contributed by atoms with E-state index in [9.17, 15) is 0 Å². The van der Waals surface area contributed by atoms with Gasteiger partial charge in [-0.2, -0.15) is 15.2 Å². The standard InChI is InChI=1S/C12H19N7/c1-18-8-9(7-15-18)10-4-6-14-12-16-11(3-2-5-13)17-19(10)12/h7-8,10H,2-6,13H2,1H3,(H,14,16,17). The SMILES string of the molecule is Cn1cc(C2CCNc3nc(CCCN)nn32)cn1. The van der Waals surface area contributed by atoms with Crippen LogP contribution in [0.3, 0.4) is 0 Å². The summed E-state index contributed by atoms with van der Waals surface area (Å²) in [4.78, 5) is 4.53. The van der Waals surface area contributed by atoms with Gasteiger partial charge in [-0.05, 0) is 19.4 Å². The van der Waals surface area contributed by atoms with Crippen molar-refractivity contribution in [2.24, 2.45) is 12.8 Å². The topological polar surface area (TPSA) is 86.6 Å². The number of nitrogens with zero attached hydrogens (tertiary/aromatic N) is 5. The molecular weight excluding hydrogens is 242 g/mol.